The number of esters is 1. The highest BCUT2D eigenvalue weighted by molar-refractivity contribution is 6.07. The number of carbonyl (C=O) groups is 1. The van der Waals surface area contributed by atoms with Gasteiger partial charge in [0.2, 0.25) is 0 Å². The van der Waals surface area contributed by atoms with Crippen molar-refractivity contribution in [2.75, 3.05) is 17.7 Å². The number of nitrogens with zero attached hydrogens (tertiary/aromatic N) is 1. The third-order valence-corrected chi connectivity index (χ3v) is 3.74. The Labute approximate surface area is 140 Å². The Kier molecular flexibility index (Phi) is 4.61. The molecule has 5 nitrogen and oxygen atoms in total. The number of pyridine rings is 1. The molecule has 0 saturated heterocycles. The molecule has 0 saturated carbocycles. The summed E-state index contributed by atoms with van der Waals surface area (Å²) < 4.78 is 5.15. The van der Waals surface area contributed by atoms with Crippen LogP contribution in [0.5, 0.6) is 0 Å². The van der Waals surface area contributed by atoms with Gasteiger partial charge >= 0.3 is 5.97 Å². The van der Waals surface area contributed by atoms with E-state index in [0.29, 0.717) is 35.6 Å². The molecule has 1 aromatic heterocycles. The van der Waals surface area contributed by atoms with Gasteiger partial charge in [-0.2, -0.15) is 0 Å². The molecule has 3 rings (SSSR count). The summed E-state index contributed by atoms with van der Waals surface area (Å²) >= 11 is 0. The van der Waals surface area contributed by atoms with Crippen LogP contribution in [0.1, 0.15) is 22.8 Å². The molecule has 1 heterocycles. The minimum atomic E-state index is -0.398. The molecule has 0 bridgehead atoms. The third kappa shape index (κ3) is 3.15. The van der Waals surface area contributed by atoms with Gasteiger partial charge in [0.05, 0.1) is 23.5 Å². The van der Waals surface area contributed by atoms with E-state index in [-0.39, 0.29) is 0 Å². The van der Waals surface area contributed by atoms with Crippen LogP contribution in [-0.4, -0.2) is 17.6 Å². The minimum absolute atomic E-state index is 0.311. The molecule has 0 fully saturated rings. The van der Waals surface area contributed by atoms with Gasteiger partial charge in [-0.05, 0) is 18.6 Å². The summed E-state index contributed by atoms with van der Waals surface area (Å²) in [5, 5.41) is 4.15. The Morgan fingerprint density at radius 1 is 1.17 bits per heavy atom. The number of fused-ring (bicyclic) bond motifs is 1. The molecule has 2 aromatic carbocycles. The van der Waals surface area contributed by atoms with Crippen LogP contribution in [0.2, 0.25) is 0 Å². The number of para-hydroxylation sites is 1. The first-order valence-electron chi connectivity index (χ1n) is 7.82. The molecule has 5 heteroatoms. The molecule has 0 aliphatic carbocycles. The number of aromatic nitrogens is 1. The number of hydrogen-bond acceptors (Lipinski definition) is 5. The average Bonchev–Trinajstić information content (AvgIpc) is 2.61. The Balaban J connectivity index is 2.05. The maximum Gasteiger partial charge on any atom is 0.341 e. The Hall–Kier alpha value is -3.08. The second kappa shape index (κ2) is 7.00. The van der Waals surface area contributed by atoms with Crippen LogP contribution in [0.15, 0.2) is 54.7 Å². The fraction of sp³-hybridized carbons (Fsp3) is 0.158. The molecule has 0 unspecified atom stereocenters. The Morgan fingerprint density at radius 3 is 2.71 bits per heavy atom. The number of anilines is 2. The van der Waals surface area contributed by atoms with Gasteiger partial charge in [0.15, 0.2) is 0 Å². The van der Waals surface area contributed by atoms with Gasteiger partial charge in [-0.3, -0.25) is 4.98 Å². The first-order chi connectivity index (χ1) is 11.7. The summed E-state index contributed by atoms with van der Waals surface area (Å²) in [4.78, 5) is 16.6. The van der Waals surface area contributed by atoms with E-state index in [9.17, 15) is 4.79 Å². The van der Waals surface area contributed by atoms with Crippen LogP contribution in [0.25, 0.3) is 10.9 Å². The predicted octanol–water partition coefficient (Wildman–Crippen LogP) is 3.61. The molecular weight excluding hydrogens is 302 g/mol. The van der Waals surface area contributed by atoms with Gasteiger partial charge in [-0.15, -0.1) is 0 Å². The smallest absolute Gasteiger partial charge is 0.341 e. The molecule has 0 aliphatic rings. The molecule has 122 valence electrons. The van der Waals surface area contributed by atoms with Crippen molar-refractivity contribution < 1.29 is 9.53 Å². The maximum atomic E-state index is 12.3. The molecular formula is C19H19N3O2. The summed E-state index contributed by atoms with van der Waals surface area (Å²) in [6.45, 7) is 2.68. The predicted molar refractivity (Wildman–Crippen MR) is 95.9 cm³/mol. The van der Waals surface area contributed by atoms with Crippen molar-refractivity contribution in [3.8, 4) is 0 Å². The normalized spacial score (nSPS) is 10.5. The van der Waals surface area contributed by atoms with Crippen molar-refractivity contribution in [2.24, 2.45) is 0 Å². The third-order valence-electron chi connectivity index (χ3n) is 3.74. The van der Waals surface area contributed by atoms with E-state index in [0.717, 1.165) is 10.9 Å². The van der Waals surface area contributed by atoms with Crippen molar-refractivity contribution in [1.82, 2.24) is 4.98 Å². The number of nitrogens with one attached hydrogen (secondary N) is 1. The van der Waals surface area contributed by atoms with E-state index in [1.165, 1.54) is 6.20 Å². The highest BCUT2D eigenvalue weighted by Gasteiger charge is 2.17. The molecule has 24 heavy (non-hydrogen) atoms. The lowest BCUT2D eigenvalue weighted by Gasteiger charge is -2.15. The number of rotatable bonds is 5. The maximum absolute atomic E-state index is 12.3. The quantitative estimate of drug-likeness (QED) is 0.554. The van der Waals surface area contributed by atoms with Crippen LogP contribution in [0.3, 0.4) is 0 Å². The van der Waals surface area contributed by atoms with Crippen molar-refractivity contribution in [3.63, 3.8) is 0 Å². The summed E-state index contributed by atoms with van der Waals surface area (Å²) in [6, 6.07) is 15.5. The summed E-state index contributed by atoms with van der Waals surface area (Å²) in [5.41, 5.74) is 9.46. The fourth-order valence-electron chi connectivity index (χ4n) is 2.59. The number of carbonyl (C=O) groups excluding carboxylic acids is 1. The van der Waals surface area contributed by atoms with Crippen LogP contribution < -0.4 is 11.1 Å². The van der Waals surface area contributed by atoms with Crippen LogP contribution in [0, 0.1) is 0 Å². The van der Waals surface area contributed by atoms with E-state index in [1.807, 2.05) is 42.5 Å². The van der Waals surface area contributed by atoms with E-state index < -0.39 is 5.97 Å². The second-order valence-electron chi connectivity index (χ2n) is 5.35. The van der Waals surface area contributed by atoms with Crippen LogP contribution in [-0.2, 0) is 11.3 Å². The lowest BCUT2D eigenvalue weighted by Crippen LogP contribution is -2.11. The lowest BCUT2D eigenvalue weighted by atomic mass is 10.1. The summed E-state index contributed by atoms with van der Waals surface area (Å²) in [5.74, 6) is -0.398. The lowest BCUT2D eigenvalue weighted by molar-refractivity contribution is 0.0527. The zero-order valence-electron chi connectivity index (χ0n) is 13.5. The SMILES string of the molecule is CCOC(=O)c1cnc2c(N)cccc2c1NCc1ccccc1. The van der Waals surface area contributed by atoms with Gasteiger partial charge in [0, 0.05) is 18.1 Å². The number of nitrogens with two attached hydrogens (primary N) is 1. The molecule has 0 aliphatic heterocycles. The number of ether oxygens (including phenoxy) is 1. The average molecular weight is 321 g/mol. The fourth-order valence-corrected chi connectivity index (χ4v) is 2.59. The topological polar surface area (TPSA) is 77.2 Å². The molecule has 0 radical (unpaired) electrons. The number of benzene rings is 2. The first-order valence-corrected chi connectivity index (χ1v) is 7.82. The largest absolute Gasteiger partial charge is 0.462 e. The highest BCUT2D eigenvalue weighted by Crippen LogP contribution is 2.30. The van der Waals surface area contributed by atoms with Gasteiger partial charge in [-0.1, -0.05) is 42.5 Å². The monoisotopic (exact) mass is 321 g/mol. The van der Waals surface area contributed by atoms with E-state index in [4.69, 9.17) is 10.5 Å². The van der Waals surface area contributed by atoms with Crippen molar-refractivity contribution >= 4 is 28.2 Å². The standard InChI is InChI=1S/C19H19N3O2/c1-2-24-19(23)15-12-22-18-14(9-6-10-16(18)20)17(15)21-11-13-7-4-3-5-8-13/h3-10,12H,2,11,20H2,1H3,(H,21,22). The Bertz CT molecular complexity index is 863. The molecule has 0 amide bonds. The van der Waals surface area contributed by atoms with Gasteiger partial charge in [-0.25, -0.2) is 4.79 Å². The number of hydrogen-bond donors (Lipinski definition) is 2. The highest BCUT2D eigenvalue weighted by atomic mass is 16.5. The van der Waals surface area contributed by atoms with E-state index in [2.05, 4.69) is 10.3 Å². The van der Waals surface area contributed by atoms with Crippen molar-refractivity contribution in [1.29, 1.82) is 0 Å². The molecule has 3 aromatic rings. The van der Waals surface area contributed by atoms with Crippen molar-refractivity contribution in [3.05, 3.63) is 65.9 Å². The Morgan fingerprint density at radius 2 is 1.96 bits per heavy atom. The van der Waals surface area contributed by atoms with E-state index in [1.54, 1.807) is 13.0 Å². The number of nitrogen functional groups attached to an aromatic ring is 1. The van der Waals surface area contributed by atoms with Crippen LogP contribution >= 0.6 is 0 Å². The summed E-state index contributed by atoms with van der Waals surface area (Å²) in [7, 11) is 0. The van der Waals surface area contributed by atoms with Gasteiger partial charge < -0.3 is 15.8 Å². The van der Waals surface area contributed by atoms with E-state index >= 15 is 0 Å². The molecule has 3 N–H and O–H groups in total. The zero-order valence-corrected chi connectivity index (χ0v) is 13.5. The molecule has 0 spiro atoms. The van der Waals surface area contributed by atoms with Crippen LogP contribution in [0.4, 0.5) is 11.4 Å². The minimum Gasteiger partial charge on any atom is -0.462 e. The zero-order chi connectivity index (χ0) is 16.9. The summed E-state index contributed by atoms with van der Waals surface area (Å²) in [6.07, 6.45) is 1.52. The van der Waals surface area contributed by atoms with Gasteiger partial charge in [0.1, 0.15) is 5.56 Å². The molecule has 0 atom stereocenters. The first kappa shape index (κ1) is 15.8. The van der Waals surface area contributed by atoms with Crippen molar-refractivity contribution in [2.45, 2.75) is 13.5 Å². The van der Waals surface area contributed by atoms with Gasteiger partial charge in [0.25, 0.3) is 0 Å². The second-order valence-corrected chi connectivity index (χ2v) is 5.35.